The van der Waals surface area contributed by atoms with Gasteiger partial charge in [0.15, 0.2) is 0 Å². The maximum Gasteiger partial charge on any atom is 0.343 e. The van der Waals surface area contributed by atoms with Crippen molar-refractivity contribution in [1.29, 1.82) is 0 Å². The van der Waals surface area contributed by atoms with Crippen LogP contribution in [0.5, 0.6) is 0 Å². The molecular formula is C9H13NO3. The predicted molar refractivity (Wildman–Crippen MR) is 48.9 cm³/mol. The number of ether oxygens (including phenoxy) is 1. The van der Waals surface area contributed by atoms with Crippen molar-refractivity contribution in [3.63, 3.8) is 0 Å². The number of rotatable bonds is 2. The highest BCUT2D eigenvalue weighted by Crippen LogP contribution is 2.14. The van der Waals surface area contributed by atoms with Crippen molar-refractivity contribution in [2.24, 2.45) is 4.99 Å². The Hall–Kier alpha value is -1.32. The zero-order valence-corrected chi connectivity index (χ0v) is 7.83. The van der Waals surface area contributed by atoms with Crippen LogP contribution in [0.3, 0.4) is 0 Å². The molecule has 0 amide bonds. The van der Waals surface area contributed by atoms with Crippen LogP contribution in [-0.4, -0.2) is 29.9 Å². The predicted octanol–water partition coefficient (Wildman–Crippen LogP) is 1.23. The molecule has 4 heteroatoms. The van der Waals surface area contributed by atoms with E-state index in [-0.39, 0.29) is 17.9 Å². The van der Waals surface area contributed by atoms with Gasteiger partial charge >= 0.3 is 5.97 Å². The molecular weight excluding hydrogens is 170 g/mol. The molecule has 13 heavy (non-hydrogen) atoms. The van der Waals surface area contributed by atoms with Crippen molar-refractivity contribution >= 4 is 11.7 Å². The third-order valence-electron chi connectivity index (χ3n) is 1.72. The fourth-order valence-corrected chi connectivity index (χ4v) is 1.12. The van der Waals surface area contributed by atoms with Gasteiger partial charge < -0.3 is 9.84 Å². The van der Waals surface area contributed by atoms with E-state index in [9.17, 15) is 9.90 Å². The summed E-state index contributed by atoms with van der Waals surface area (Å²) in [5.74, 6) is -0.493. The number of allylic oxidation sites excluding steroid dienone is 1. The third-order valence-corrected chi connectivity index (χ3v) is 1.72. The number of hydrogen-bond donors (Lipinski definition) is 1. The van der Waals surface area contributed by atoms with Gasteiger partial charge in [0.1, 0.15) is 17.9 Å². The lowest BCUT2D eigenvalue weighted by molar-refractivity contribution is -0.135. The van der Waals surface area contributed by atoms with Gasteiger partial charge in [0, 0.05) is 6.54 Å². The van der Waals surface area contributed by atoms with Gasteiger partial charge in [-0.25, -0.2) is 4.79 Å². The van der Waals surface area contributed by atoms with Gasteiger partial charge in [0.25, 0.3) is 0 Å². The van der Waals surface area contributed by atoms with Gasteiger partial charge in [-0.1, -0.05) is 6.92 Å². The van der Waals surface area contributed by atoms with Crippen molar-refractivity contribution in [1.82, 2.24) is 0 Å². The molecule has 72 valence electrons. The number of aliphatic imine (C=N–C) groups is 1. The summed E-state index contributed by atoms with van der Waals surface area (Å²) in [5, 5.41) is 9.19. The fraction of sp³-hybridized carbons (Fsp3) is 0.556. The molecule has 1 heterocycles. The maximum absolute atomic E-state index is 11.1. The monoisotopic (exact) mass is 183 g/mol. The quantitative estimate of drug-likeness (QED) is 0.398. The van der Waals surface area contributed by atoms with Crippen molar-refractivity contribution in [3.8, 4) is 0 Å². The Balaban J connectivity index is 2.89. The minimum atomic E-state index is -0.477. The van der Waals surface area contributed by atoms with Crippen LogP contribution in [0.4, 0.5) is 0 Å². The molecule has 0 aromatic heterocycles. The number of carbonyl (C=O) groups is 1. The molecule has 1 aliphatic heterocycles. The molecule has 0 aromatic carbocycles. The highest BCUT2D eigenvalue weighted by Gasteiger charge is 2.28. The summed E-state index contributed by atoms with van der Waals surface area (Å²) in [5.41, 5.74) is 0.792. The number of nitrogens with zero attached hydrogens (tertiary/aromatic N) is 1. The molecule has 0 aliphatic carbocycles. The Morgan fingerprint density at radius 1 is 1.69 bits per heavy atom. The van der Waals surface area contributed by atoms with E-state index in [1.165, 1.54) is 6.92 Å². The molecule has 1 fully saturated rings. The molecule has 0 radical (unpaired) electrons. The average Bonchev–Trinajstić information content (AvgIpc) is 2.43. The number of hydrogen-bond acceptors (Lipinski definition) is 4. The Bertz CT molecular complexity index is 275. The van der Waals surface area contributed by atoms with Crippen LogP contribution in [-0.2, 0) is 9.53 Å². The summed E-state index contributed by atoms with van der Waals surface area (Å²) < 4.78 is 4.75. The first kappa shape index (κ1) is 9.77. The Morgan fingerprint density at radius 2 is 2.38 bits per heavy atom. The molecule has 0 saturated carbocycles. The molecule has 0 aromatic rings. The van der Waals surface area contributed by atoms with Gasteiger partial charge in [0.05, 0.1) is 5.71 Å². The molecule has 1 saturated heterocycles. The van der Waals surface area contributed by atoms with Crippen molar-refractivity contribution in [3.05, 3.63) is 11.3 Å². The lowest BCUT2D eigenvalue weighted by Gasteiger charge is -1.96. The first-order valence-corrected chi connectivity index (χ1v) is 4.27. The number of cyclic esters (lactones) is 1. The smallest absolute Gasteiger partial charge is 0.343 e. The van der Waals surface area contributed by atoms with Crippen LogP contribution in [0.1, 0.15) is 20.3 Å². The van der Waals surface area contributed by atoms with Crippen LogP contribution in [0, 0.1) is 0 Å². The Labute approximate surface area is 76.9 Å². The normalized spacial score (nSPS) is 23.5. The Morgan fingerprint density at radius 3 is 2.92 bits per heavy atom. The van der Waals surface area contributed by atoms with E-state index < -0.39 is 5.97 Å². The van der Waals surface area contributed by atoms with E-state index in [2.05, 4.69) is 4.99 Å². The minimum Gasteiger partial charge on any atom is -0.512 e. The topological polar surface area (TPSA) is 58.9 Å². The first-order valence-electron chi connectivity index (χ1n) is 4.27. The zero-order chi connectivity index (χ0) is 9.84. The lowest BCUT2D eigenvalue weighted by Crippen LogP contribution is -2.05. The second-order valence-electron chi connectivity index (χ2n) is 2.86. The summed E-state index contributed by atoms with van der Waals surface area (Å²) >= 11 is 0. The molecule has 1 N–H and O–H groups in total. The standard InChI is InChI=1S/C9H13NO3/c1-3-4-10-7-5-13-9(12)8(7)6(2)11/h11H,3-5H2,1-2H3. The summed E-state index contributed by atoms with van der Waals surface area (Å²) in [7, 11) is 0. The maximum atomic E-state index is 11.1. The van der Waals surface area contributed by atoms with Gasteiger partial charge in [0.2, 0.25) is 0 Å². The van der Waals surface area contributed by atoms with E-state index >= 15 is 0 Å². The molecule has 4 nitrogen and oxygen atoms in total. The highest BCUT2D eigenvalue weighted by molar-refractivity contribution is 6.24. The second-order valence-corrected chi connectivity index (χ2v) is 2.86. The van der Waals surface area contributed by atoms with E-state index in [4.69, 9.17) is 4.74 Å². The summed E-state index contributed by atoms with van der Waals surface area (Å²) in [6.45, 7) is 4.30. The van der Waals surface area contributed by atoms with E-state index in [0.29, 0.717) is 12.3 Å². The summed E-state index contributed by atoms with van der Waals surface area (Å²) in [6.07, 6.45) is 0.912. The SMILES string of the molecule is CCCN=C1COC(=O)C1=C(C)O. The summed E-state index contributed by atoms with van der Waals surface area (Å²) in [6, 6.07) is 0. The summed E-state index contributed by atoms with van der Waals surface area (Å²) in [4.78, 5) is 15.2. The molecule has 0 spiro atoms. The molecule has 0 bridgehead atoms. The Kier molecular flexibility index (Phi) is 3.06. The van der Waals surface area contributed by atoms with Crippen LogP contribution >= 0.6 is 0 Å². The van der Waals surface area contributed by atoms with Crippen LogP contribution in [0.15, 0.2) is 16.3 Å². The minimum absolute atomic E-state index is 0.0163. The lowest BCUT2D eigenvalue weighted by atomic mass is 10.1. The van der Waals surface area contributed by atoms with Crippen LogP contribution in [0.25, 0.3) is 0 Å². The molecule has 1 aliphatic rings. The van der Waals surface area contributed by atoms with Crippen LogP contribution in [0.2, 0.25) is 0 Å². The van der Waals surface area contributed by atoms with Gasteiger partial charge in [-0.05, 0) is 13.3 Å². The van der Waals surface area contributed by atoms with Gasteiger partial charge in [-0.3, -0.25) is 4.99 Å². The second kappa shape index (κ2) is 4.07. The first-order chi connectivity index (χ1) is 6.16. The average molecular weight is 183 g/mol. The molecule has 0 atom stereocenters. The van der Waals surface area contributed by atoms with Crippen molar-refractivity contribution in [2.75, 3.05) is 13.2 Å². The fourth-order valence-electron chi connectivity index (χ4n) is 1.12. The largest absolute Gasteiger partial charge is 0.512 e. The molecule has 0 unspecified atom stereocenters. The van der Waals surface area contributed by atoms with Gasteiger partial charge in [-0.15, -0.1) is 0 Å². The van der Waals surface area contributed by atoms with E-state index in [1.807, 2.05) is 6.92 Å². The van der Waals surface area contributed by atoms with E-state index in [1.54, 1.807) is 0 Å². The van der Waals surface area contributed by atoms with Crippen LogP contribution < -0.4 is 0 Å². The number of esters is 1. The zero-order valence-electron chi connectivity index (χ0n) is 7.83. The van der Waals surface area contributed by atoms with Crippen molar-refractivity contribution < 1.29 is 14.6 Å². The van der Waals surface area contributed by atoms with Gasteiger partial charge in [-0.2, -0.15) is 0 Å². The molecule has 1 rings (SSSR count). The number of aliphatic hydroxyl groups is 1. The third kappa shape index (κ3) is 2.08. The number of carbonyl (C=O) groups excluding carboxylic acids is 1. The van der Waals surface area contributed by atoms with Crippen molar-refractivity contribution in [2.45, 2.75) is 20.3 Å². The number of aliphatic hydroxyl groups excluding tert-OH is 1. The highest BCUT2D eigenvalue weighted by atomic mass is 16.5. The van der Waals surface area contributed by atoms with E-state index in [0.717, 1.165) is 6.42 Å².